The number of carbonyl (C=O) groups is 2. The predicted octanol–water partition coefficient (Wildman–Crippen LogP) is 2.43. The van der Waals surface area contributed by atoms with E-state index in [4.69, 9.17) is 4.52 Å². The Morgan fingerprint density at radius 1 is 1.21 bits per heavy atom. The minimum atomic E-state index is -0.0986. The van der Waals surface area contributed by atoms with Gasteiger partial charge in [-0.2, -0.15) is 0 Å². The number of aromatic nitrogens is 2. The fraction of sp³-hybridized carbons (Fsp3) is 0.524. The van der Waals surface area contributed by atoms with E-state index in [9.17, 15) is 9.59 Å². The summed E-state index contributed by atoms with van der Waals surface area (Å²) in [4.78, 5) is 33.4. The molecule has 2 aliphatic rings. The Labute approximate surface area is 170 Å². The van der Waals surface area contributed by atoms with Crippen LogP contribution in [0.3, 0.4) is 0 Å². The number of hydrogen-bond donors (Lipinski definition) is 1. The lowest BCUT2D eigenvalue weighted by atomic mass is 9.94. The summed E-state index contributed by atoms with van der Waals surface area (Å²) in [6.07, 6.45) is 5.91. The number of rotatable bonds is 5. The van der Waals surface area contributed by atoms with Crippen LogP contribution >= 0.6 is 0 Å². The van der Waals surface area contributed by atoms with E-state index in [2.05, 4.69) is 20.4 Å². The molecule has 2 aromatic heterocycles. The van der Waals surface area contributed by atoms with Gasteiger partial charge < -0.3 is 14.7 Å². The summed E-state index contributed by atoms with van der Waals surface area (Å²) in [6.45, 7) is 5.44. The molecule has 8 heteroatoms. The van der Waals surface area contributed by atoms with Crippen LogP contribution in [0, 0.1) is 6.92 Å². The maximum absolute atomic E-state index is 12.5. The van der Waals surface area contributed by atoms with Crippen LogP contribution < -0.4 is 5.32 Å². The lowest BCUT2D eigenvalue weighted by Crippen LogP contribution is -2.40. The van der Waals surface area contributed by atoms with E-state index in [0.717, 1.165) is 57.6 Å². The molecule has 0 aliphatic carbocycles. The second-order valence-electron chi connectivity index (χ2n) is 7.92. The van der Waals surface area contributed by atoms with Crippen molar-refractivity contribution in [2.45, 2.75) is 38.5 Å². The van der Waals surface area contributed by atoms with Crippen LogP contribution in [0.2, 0.25) is 0 Å². The lowest BCUT2D eigenvalue weighted by Gasteiger charge is -2.31. The van der Waals surface area contributed by atoms with Gasteiger partial charge in [0.1, 0.15) is 5.76 Å². The normalized spacial score (nSPS) is 20.0. The van der Waals surface area contributed by atoms with Crippen LogP contribution in [0.25, 0.3) is 0 Å². The van der Waals surface area contributed by atoms with E-state index in [-0.39, 0.29) is 17.7 Å². The highest BCUT2D eigenvalue weighted by Crippen LogP contribution is 2.26. The fourth-order valence-corrected chi connectivity index (χ4v) is 4.13. The van der Waals surface area contributed by atoms with Gasteiger partial charge in [-0.15, -0.1) is 0 Å². The molecule has 2 saturated heterocycles. The SMILES string of the molecule is Cc1cc(NC(=O)CN2CCC[C@@H](c3ccc(C(=O)N4CCCC4)cn3)C2)no1. The molecule has 8 nitrogen and oxygen atoms in total. The van der Waals surface area contributed by atoms with Crippen molar-refractivity contribution in [2.24, 2.45) is 0 Å². The van der Waals surface area contributed by atoms with E-state index in [0.29, 0.717) is 23.7 Å². The third-order valence-corrected chi connectivity index (χ3v) is 5.61. The molecule has 2 amide bonds. The van der Waals surface area contributed by atoms with Gasteiger partial charge in [-0.25, -0.2) is 0 Å². The van der Waals surface area contributed by atoms with Crippen LogP contribution in [0.5, 0.6) is 0 Å². The minimum absolute atomic E-state index is 0.0755. The maximum Gasteiger partial charge on any atom is 0.255 e. The quantitative estimate of drug-likeness (QED) is 0.833. The molecule has 29 heavy (non-hydrogen) atoms. The summed E-state index contributed by atoms with van der Waals surface area (Å²) in [6, 6.07) is 5.56. The first-order chi connectivity index (χ1) is 14.1. The smallest absolute Gasteiger partial charge is 0.255 e. The highest BCUT2D eigenvalue weighted by molar-refractivity contribution is 5.94. The van der Waals surface area contributed by atoms with Gasteiger partial charge in [-0.3, -0.25) is 19.5 Å². The highest BCUT2D eigenvalue weighted by Gasteiger charge is 2.25. The Bertz CT molecular complexity index is 857. The number of likely N-dealkylation sites (tertiary alicyclic amines) is 2. The van der Waals surface area contributed by atoms with Crippen molar-refractivity contribution in [3.8, 4) is 0 Å². The van der Waals surface area contributed by atoms with Crippen molar-refractivity contribution in [2.75, 3.05) is 38.0 Å². The van der Waals surface area contributed by atoms with Gasteiger partial charge in [0.15, 0.2) is 5.82 Å². The average Bonchev–Trinajstić information content (AvgIpc) is 3.40. The number of pyridine rings is 1. The van der Waals surface area contributed by atoms with Gasteiger partial charge >= 0.3 is 0 Å². The van der Waals surface area contributed by atoms with Crippen LogP contribution in [0.15, 0.2) is 28.9 Å². The summed E-state index contributed by atoms with van der Waals surface area (Å²) in [5, 5.41) is 6.56. The molecule has 154 valence electrons. The predicted molar refractivity (Wildman–Crippen MR) is 108 cm³/mol. The topological polar surface area (TPSA) is 91.6 Å². The largest absolute Gasteiger partial charge is 0.360 e. The molecule has 0 unspecified atom stereocenters. The first-order valence-corrected chi connectivity index (χ1v) is 10.3. The van der Waals surface area contributed by atoms with Gasteiger partial charge in [0.25, 0.3) is 5.91 Å². The van der Waals surface area contributed by atoms with E-state index >= 15 is 0 Å². The van der Waals surface area contributed by atoms with Crippen LogP contribution in [-0.4, -0.2) is 64.5 Å². The minimum Gasteiger partial charge on any atom is -0.360 e. The average molecular weight is 397 g/mol. The lowest BCUT2D eigenvalue weighted by molar-refractivity contribution is -0.117. The van der Waals surface area contributed by atoms with E-state index in [1.165, 1.54) is 0 Å². The van der Waals surface area contributed by atoms with Gasteiger partial charge in [-0.1, -0.05) is 5.16 Å². The number of nitrogens with one attached hydrogen (secondary N) is 1. The summed E-state index contributed by atoms with van der Waals surface area (Å²) in [5.74, 6) is 1.35. The second-order valence-corrected chi connectivity index (χ2v) is 7.92. The Hall–Kier alpha value is -2.74. The Balaban J connectivity index is 1.33. The van der Waals surface area contributed by atoms with Crippen molar-refractivity contribution in [1.29, 1.82) is 0 Å². The van der Waals surface area contributed by atoms with E-state index in [1.807, 2.05) is 17.0 Å². The Kier molecular flexibility index (Phi) is 5.89. The Morgan fingerprint density at radius 3 is 2.72 bits per heavy atom. The monoisotopic (exact) mass is 397 g/mol. The zero-order valence-electron chi connectivity index (χ0n) is 16.8. The molecule has 1 N–H and O–H groups in total. The molecule has 0 spiro atoms. The maximum atomic E-state index is 12.5. The van der Waals surface area contributed by atoms with E-state index in [1.54, 1.807) is 19.2 Å². The van der Waals surface area contributed by atoms with Gasteiger partial charge in [0, 0.05) is 43.5 Å². The molecule has 4 heterocycles. The zero-order chi connectivity index (χ0) is 20.2. The summed E-state index contributed by atoms with van der Waals surface area (Å²) < 4.78 is 4.98. The molecular weight excluding hydrogens is 370 g/mol. The molecule has 2 aliphatic heterocycles. The number of carbonyl (C=O) groups excluding carboxylic acids is 2. The van der Waals surface area contributed by atoms with Crippen LogP contribution in [0.1, 0.15) is 53.4 Å². The summed E-state index contributed by atoms with van der Waals surface area (Å²) in [5.41, 5.74) is 1.64. The molecule has 4 rings (SSSR count). The summed E-state index contributed by atoms with van der Waals surface area (Å²) >= 11 is 0. The Morgan fingerprint density at radius 2 is 2.03 bits per heavy atom. The van der Waals surface area contributed by atoms with Crippen molar-refractivity contribution in [3.05, 3.63) is 41.4 Å². The van der Waals surface area contributed by atoms with Gasteiger partial charge in [0.2, 0.25) is 5.91 Å². The van der Waals surface area contributed by atoms with E-state index < -0.39 is 0 Å². The number of anilines is 1. The molecule has 2 fully saturated rings. The van der Waals surface area contributed by atoms with Crippen molar-refractivity contribution in [1.82, 2.24) is 19.9 Å². The summed E-state index contributed by atoms with van der Waals surface area (Å²) in [7, 11) is 0. The highest BCUT2D eigenvalue weighted by atomic mass is 16.5. The third-order valence-electron chi connectivity index (χ3n) is 5.61. The van der Waals surface area contributed by atoms with Crippen molar-refractivity contribution < 1.29 is 14.1 Å². The third kappa shape index (κ3) is 4.82. The number of amides is 2. The van der Waals surface area contributed by atoms with Crippen LogP contribution in [0.4, 0.5) is 5.82 Å². The number of piperidine rings is 1. The van der Waals surface area contributed by atoms with Crippen molar-refractivity contribution >= 4 is 17.6 Å². The molecular formula is C21H27N5O3. The fourth-order valence-electron chi connectivity index (χ4n) is 4.13. The molecule has 2 aromatic rings. The van der Waals surface area contributed by atoms with Crippen LogP contribution in [-0.2, 0) is 4.79 Å². The van der Waals surface area contributed by atoms with Gasteiger partial charge in [0.05, 0.1) is 12.1 Å². The standard InChI is InChI=1S/C21H27N5O3/c1-15-11-19(24-29-15)23-20(27)14-25-8-4-5-17(13-25)18-7-6-16(12-22-18)21(28)26-9-2-3-10-26/h6-7,11-12,17H,2-5,8-10,13-14H2,1H3,(H,23,24,27)/t17-/m1/s1. The first-order valence-electron chi connectivity index (χ1n) is 10.3. The molecule has 0 aromatic carbocycles. The second kappa shape index (κ2) is 8.73. The molecule has 0 radical (unpaired) electrons. The molecule has 0 saturated carbocycles. The first kappa shape index (κ1) is 19.6. The molecule has 0 bridgehead atoms. The number of aryl methyl sites for hydroxylation is 1. The van der Waals surface area contributed by atoms with Crippen molar-refractivity contribution in [3.63, 3.8) is 0 Å². The number of nitrogens with zero attached hydrogens (tertiary/aromatic N) is 4. The number of hydrogen-bond acceptors (Lipinski definition) is 6. The molecule has 1 atom stereocenters. The van der Waals surface area contributed by atoms with Gasteiger partial charge in [-0.05, 0) is 51.3 Å². The zero-order valence-corrected chi connectivity index (χ0v) is 16.8.